The number of aromatic nitrogens is 1. The number of nitrogens with zero attached hydrogens (tertiary/aromatic N) is 2. The molecule has 0 unspecified atom stereocenters. The molecule has 0 radical (unpaired) electrons. The SMILES string of the molecule is CNCCCOC.O=Cc1csc(C2CCN(C(=O)c3ccccc3-c3ccc(C(F)(F)F)cc3)CC2)n1. The van der Waals surface area contributed by atoms with Crippen molar-refractivity contribution in [2.24, 2.45) is 0 Å². The maximum atomic E-state index is 13.2. The zero-order valence-electron chi connectivity index (χ0n) is 21.5. The molecule has 10 heteroatoms. The molecule has 0 bridgehead atoms. The standard InChI is InChI=1S/C23H19F3N2O2S.C5H13NO/c24-23(25,26)17-7-5-15(6-8-17)19-3-1-2-4-20(19)22(30)28-11-9-16(10-12-28)21-27-18(13-29)14-31-21;1-6-4-3-5-7-2/h1-8,13-14,16H,9-12H2;6H,3-5H2,1-2H3. The molecule has 2 aromatic carbocycles. The number of benzene rings is 2. The molecule has 38 heavy (non-hydrogen) atoms. The van der Waals surface area contributed by atoms with Gasteiger partial charge >= 0.3 is 6.18 Å². The molecule has 1 N–H and O–H groups in total. The first-order valence-electron chi connectivity index (χ1n) is 12.4. The number of carbonyl (C=O) groups excluding carboxylic acids is 2. The van der Waals surface area contributed by atoms with Gasteiger partial charge < -0.3 is 15.0 Å². The van der Waals surface area contributed by atoms with Gasteiger partial charge in [0.05, 0.1) is 10.6 Å². The molecule has 6 nitrogen and oxygen atoms in total. The molecule has 0 saturated carbocycles. The summed E-state index contributed by atoms with van der Waals surface area (Å²) >= 11 is 1.46. The summed E-state index contributed by atoms with van der Waals surface area (Å²) in [5.41, 5.74) is 1.36. The van der Waals surface area contributed by atoms with Crippen molar-refractivity contribution in [1.82, 2.24) is 15.2 Å². The normalized spacial score (nSPS) is 14.1. The lowest BCUT2D eigenvalue weighted by molar-refractivity contribution is -0.137. The van der Waals surface area contributed by atoms with Crippen LogP contribution in [-0.2, 0) is 10.9 Å². The van der Waals surface area contributed by atoms with Gasteiger partial charge in [-0.15, -0.1) is 11.3 Å². The maximum absolute atomic E-state index is 13.2. The molecule has 2 heterocycles. The van der Waals surface area contributed by atoms with E-state index in [1.807, 2.05) is 7.05 Å². The van der Waals surface area contributed by atoms with Gasteiger partial charge in [-0.2, -0.15) is 13.2 Å². The molecule has 4 rings (SSSR count). The molecular weight excluding hydrogens is 515 g/mol. The molecular formula is C28H32F3N3O3S. The number of ether oxygens (including phenoxy) is 1. The fraction of sp³-hybridized carbons (Fsp3) is 0.393. The minimum atomic E-state index is -4.40. The number of methoxy groups -OCH3 is 1. The Labute approximate surface area is 224 Å². The Hall–Kier alpha value is -3.08. The second-order valence-corrected chi connectivity index (χ2v) is 9.76. The van der Waals surface area contributed by atoms with E-state index in [1.54, 1.807) is 41.7 Å². The van der Waals surface area contributed by atoms with Crippen LogP contribution in [-0.4, -0.2) is 62.5 Å². The molecule has 1 fully saturated rings. The van der Waals surface area contributed by atoms with E-state index in [-0.39, 0.29) is 11.8 Å². The Balaban J connectivity index is 0.000000505. The third-order valence-corrected chi connectivity index (χ3v) is 7.27. The molecule has 1 aliphatic rings. The highest BCUT2D eigenvalue weighted by atomic mass is 32.1. The second kappa shape index (κ2) is 14.2. The Morgan fingerprint density at radius 1 is 1.16 bits per heavy atom. The van der Waals surface area contributed by atoms with Gasteiger partial charge in [0.15, 0.2) is 6.29 Å². The van der Waals surface area contributed by atoms with Crippen LogP contribution in [0.4, 0.5) is 13.2 Å². The molecule has 3 aromatic rings. The topological polar surface area (TPSA) is 71.5 Å². The summed E-state index contributed by atoms with van der Waals surface area (Å²) in [5, 5.41) is 5.67. The molecule has 1 aliphatic heterocycles. The minimum absolute atomic E-state index is 0.137. The van der Waals surface area contributed by atoms with Crippen molar-refractivity contribution in [1.29, 1.82) is 0 Å². The average molecular weight is 548 g/mol. The van der Waals surface area contributed by atoms with Gasteiger partial charge in [0.25, 0.3) is 5.91 Å². The number of nitrogens with one attached hydrogen (secondary N) is 1. The quantitative estimate of drug-likeness (QED) is 0.281. The van der Waals surface area contributed by atoms with E-state index in [1.165, 1.54) is 23.5 Å². The third kappa shape index (κ3) is 7.96. The van der Waals surface area contributed by atoms with Crippen molar-refractivity contribution >= 4 is 23.5 Å². The first kappa shape index (κ1) is 29.5. The average Bonchev–Trinajstić information content (AvgIpc) is 3.43. The van der Waals surface area contributed by atoms with Crippen molar-refractivity contribution < 1.29 is 27.5 Å². The first-order chi connectivity index (χ1) is 18.3. The van der Waals surface area contributed by atoms with Crippen LogP contribution in [0.2, 0.25) is 0 Å². The van der Waals surface area contributed by atoms with Crippen molar-refractivity contribution in [3.63, 3.8) is 0 Å². The smallest absolute Gasteiger partial charge is 0.385 e. The van der Waals surface area contributed by atoms with E-state index in [2.05, 4.69) is 10.3 Å². The van der Waals surface area contributed by atoms with Crippen LogP contribution in [0.25, 0.3) is 11.1 Å². The van der Waals surface area contributed by atoms with E-state index < -0.39 is 11.7 Å². The molecule has 0 aliphatic carbocycles. The molecule has 1 saturated heterocycles. The minimum Gasteiger partial charge on any atom is -0.385 e. The highest BCUT2D eigenvalue weighted by Gasteiger charge is 2.31. The van der Waals surface area contributed by atoms with Gasteiger partial charge in [-0.05, 0) is 62.2 Å². The summed E-state index contributed by atoms with van der Waals surface area (Å²) in [4.78, 5) is 30.2. The monoisotopic (exact) mass is 547 g/mol. The van der Waals surface area contributed by atoms with Crippen LogP contribution in [0.15, 0.2) is 53.9 Å². The Kier molecular flexibility index (Phi) is 11.0. The number of hydrogen-bond acceptors (Lipinski definition) is 6. The number of rotatable bonds is 8. The van der Waals surface area contributed by atoms with Crippen molar-refractivity contribution in [3.8, 4) is 11.1 Å². The van der Waals surface area contributed by atoms with Crippen molar-refractivity contribution in [3.05, 3.63) is 75.7 Å². The van der Waals surface area contributed by atoms with Crippen LogP contribution >= 0.6 is 11.3 Å². The van der Waals surface area contributed by atoms with Crippen LogP contribution in [0.1, 0.15) is 56.6 Å². The second-order valence-electron chi connectivity index (χ2n) is 8.87. The summed E-state index contributed by atoms with van der Waals surface area (Å²) in [6.07, 6.45) is -1.06. The Bertz CT molecular complexity index is 1170. The highest BCUT2D eigenvalue weighted by molar-refractivity contribution is 7.09. The number of alkyl halides is 3. The number of thiazole rings is 1. The van der Waals surface area contributed by atoms with Gasteiger partial charge in [-0.25, -0.2) is 4.98 Å². The lowest BCUT2D eigenvalue weighted by Crippen LogP contribution is -2.38. The predicted molar refractivity (Wildman–Crippen MR) is 143 cm³/mol. The first-order valence-corrected chi connectivity index (χ1v) is 13.3. The fourth-order valence-electron chi connectivity index (χ4n) is 4.20. The largest absolute Gasteiger partial charge is 0.416 e. The van der Waals surface area contributed by atoms with E-state index in [0.717, 1.165) is 55.8 Å². The van der Waals surface area contributed by atoms with Crippen LogP contribution in [0.5, 0.6) is 0 Å². The lowest BCUT2D eigenvalue weighted by atomic mass is 9.94. The Morgan fingerprint density at radius 2 is 1.84 bits per heavy atom. The summed E-state index contributed by atoms with van der Waals surface area (Å²) in [6.45, 7) is 3.02. The molecule has 0 spiro atoms. The fourth-order valence-corrected chi connectivity index (χ4v) is 5.13. The number of likely N-dealkylation sites (tertiary alicyclic amines) is 1. The van der Waals surface area contributed by atoms with E-state index >= 15 is 0 Å². The summed E-state index contributed by atoms with van der Waals surface area (Å²) < 4.78 is 43.4. The van der Waals surface area contributed by atoms with Crippen molar-refractivity contribution in [2.75, 3.05) is 40.4 Å². The van der Waals surface area contributed by atoms with Crippen LogP contribution in [0.3, 0.4) is 0 Å². The highest BCUT2D eigenvalue weighted by Crippen LogP contribution is 2.34. The number of amides is 1. The van der Waals surface area contributed by atoms with Gasteiger partial charge in [0.2, 0.25) is 0 Å². The van der Waals surface area contributed by atoms with E-state index in [9.17, 15) is 22.8 Å². The molecule has 1 aromatic heterocycles. The Morgan fingerprint density at radius 3 is 2.42 bits per heavy atom. The zero-order valence-corrected chi connectivity index (χ0v) is 22.3. The maximum Gasteiger partial charge on any atom is 0.416 e. The molecule has 0 atom stereocenters. The summed E-state index contributed by atoms with van der Waals surface area (Å²) in [5.74, 6) is 0.0783. The van der Waals surface area contributed by atoms with Gasteiger partial charge in [-0.1, -0.05) is 30.3 Å². The number of piperidine rings is 1. The number of aldehydes is 1. The number of carbonyl (C=O) groups is 2. The van der Waals surface area contributed by atoms with E-state index in [4.69, 9.17) is 4.74 Å². The lowest BCUT2D eigenvalue weighted by Gasteiger charge is -2.31. The van der Waals surface area contributed by atoms with Gasteiger partial charge in [0.1, 0.15) is 5.69 Å². The van der Waals surface area contributed by atoms with Crippen LogP contribution < -0.4 is 5.32 Å². The van der Waals surface area contributed by atoms with Crippen molar-refractivity contribution in [2.45, 2.75) is 31.4 Å². The predicted octanol–water partition coefficient (Wildman–Crippen LogP) is 5.90. The zero-order chi connectivity index (χ0) is 27.5. The van der Waals surface area contributed by atoms with Gasteiger partial charge in [-0.3, -0.25) is 9.59 Å². The van der Waals surface area contributed by atoms with Crippen LogP contribution in [0, 0.1) is 0 Å². The summed E-state index contributed by atoms with van der Waals surface area (Å²) in [7, 11) is 3.66. The summed E-state index contributed by atoms with van der Waals surface area (Å²) in [6, 6.07) is 11.8. The van der Waals surface area contributed by atoms with Gasteiger partial charge in [0, 0.05) is 43.7 Å². The molecule has 204 valence electrons. The molecule has 1 amide bonds. The number of hydrogen-bond donors (Lipinski definition) is 1. The number of halogens is 3. The van der Waals surface area contributed by atoms with E-state index in [0.29, 0.717) is 35.5 Å². The third-order valence-electron chi connectivity index (χ3n) is 6.25.